The molecule has 4 heteroatoms. The molecule has 0 aliphatic rings. The van der Waals surface area contributed by atoms with Gasteiger partial charge in [0.2, 0.25) is 0 Å². The van der Waals surface area contributed by atoms with Gasteiger partial charge in [0.1, 0.15) is 0 Å². The average molecular weight is 340 g/mol. The van der Waals surface area contributed by atoms with Crippen LogP contribution < -0.4 is 10.6 Å². The van der Waals surface area contributed by atoms with Crippen molar-refractivity contribution in [1.82, 2.24) is 0 Å². The lowest BCUT2D eigenvalue weighted by atomic mass is 10.1. The van der Waals surface area contributed by atoms with Gasteiger partial charge >= 0.3 is 0 Å². The summed E-state index contributed by atoms with van der Waals surface area (Å²) in [6.07, 6.45) is 0.970. The topological polar surface area (TPSA) is 29.3 Å². The van der Waals surface area contributed by atoms with Crippen molar-refractivity contribution in [3.8, 4) is 0 Å². The van der Waals surface area contributed by atoms with Gasteiger partial charge < -0.3 is 10.6 Å². The summed E-state index contributed by atoms with van der Waals surface area (Å²) >= 11 is 9.39. The standard InChI is InChI=1S/C15H16BrClN2/c1-19(15-6-5-13(17)10-14(15)18)8-7-11-3-2-4-12(16)9-11/h2-6,9-10H,7-8,18H2,1H3. The van der Waals surface area contributed by atoms with Gasteiger partial charge in [0.25, 0.3) is 0 Å². The molecule has 0 bridgehead atoms. The molecule has 0 atom stereocenters. The number of benzene rings is 2. The van der Waals surface area contributed by atoms with Gasteiger partial charge in [-0.15, -0.1) is 0 Å². The van der Waals surface area contributed by atoms with Crippen molar-refractivity contribution in [2.45, 2.75) is 6.42 Å². The van der Waals surface area contributed by atoms with E-state index in [-0.39, 0.29) is 0 Å². The quantitative estimate of drug-likeness (QED) is 0.838. The summed E-state index contributed by atoms with van der Waals surface area (Å²) < 4.78 is 1.11. The molecule has 0 radical (unpaired) electrons. The molecule has 0 aromatic heterocycles. The number of rotatable bonds is 4. The maximum absolute atomic E-state index is 5.98. The molecule has 0 unspecified atom stereocenters. The molecule has 0 saturated carbocycles. The second kappa shape index (κ2) is 6.31. The first-order chi connectivity index (χ1) is 9.06. The number of nitrogens with zero attached hydrogens (tertiary/aromatic N) is 1. The number of nitrogens with two attached hydrogens (primary N) is 1. The predicted molar refractivity (Wildman–Crippen MR) is 87.0 cm³/mol. The minimum absolute atomic E-state index is 0.668. The van der Waals surface area contributed by atoms with E-state index in [0.717, 1.165) is 23.1 Å². The van der Waals surface area contributed by atoms with Crippen LogP contribution in [0, 0.1) is 0 Å². The van der Waals surface area contributed by atoms with Crippen molar-refractivity contribution in [1.29, 1.82) is 0 Å². The molecule has 0 saturated heterocycles. The van der Waals surface area contributed by atoms with Crippen LogP contribution in [0.3, 0.4) is 0 Å². The Bertz CT molecular complexity index is 572. The van der Waals surface area contributed by atoms with E-state index in [4.69, 9.17) is 17.3 Å². The molecule has 0 spiro atoms. The second-order valence-electron chi connectivity index (χ2n) is 4.50. The van der Waals surface area contributed by atoms with E-state index in [1.54, 1.807) is 6.07 Å². The molecule has 2 aromatic rings. The number of hydrogen-bond donors (Lipinski definition) is 1. The van der Waals surface area contributed by atoms with Crippen LogP contribution in [0.1, 0.15) is 5.56 Å². The fourth-order valence-corrected chi connectivity index (χ4v) is 2.61. The van der Waals surface area contributed by atoms with E-state index in [1.807, 2.05) is 25.2 Å². The summed E-state index contributed by atoms with van der Waals surface area (Å²) in [5.74, 6) is 0. The van der Waals surface area contributed by atoms with Crippen LogP contribution in [-0.2, 0) is 6.42 Å². The maximum Gasteiger partial charge on any atom is 0.0598 e. The minimum atomic E-state index is 0.668. The molecule has 19 heavy (non-hydrogen) atoms. The summed E-state index contributed by atoms with van der Waals surface area (Å²) in [6.45, 7) is 0.905. The fourth-order valence-electron chi connectivity index (χ4n) is 1.98. The highest BCUT2D eigenvalue weighted by atomic mass is 79.9. The first kappa shape index (κ1) is 14.2. The van der Waals surface area contributed by atoms with E-state index < -0.39 is 0 Å². The van der Waals surface area contributed by atoms with Gasteiger partial charge in [-0.3, -0.25) is 0 Å². The Kier molecular flexibility index (Phi) is 4.72. The first-order valence-electron chi connectivity index (χ1n) is 6.07. The van der Waals surface area contributed by atoms with Gasteiger partial charge in [-0.25, -0.2) is 0 Å². The third kappa shape index (κ3) is 3.88. The Labute approximate surface area is 127 Å². The van der Waals surface area contributed by atoms with Crippen LogP contribution in [0.25, 0.3) is 0 Å². The van der Waals surface area contributed by atoms with Gasteiger partial charge in [0.05, 0.1) is 11.4 Å². The lowest BCUT2D eigenvalue weighted by molar-refractivity contribution is 0.877. The summed E-state index contributed by atoms with van der Waals surface area (Å²) in [5.41, 5.74) is 9.01. The Morgan fingerprint density at radius 3 is 2.68 bits per heavy atom. The molecule has 2 N–H and O–H groups in total. The third-order valence-electron chi connectivity index (χ3n) is 3.03. The van der Waals surface area contributed by atoms with Crippen molar-refractivity contribution in [2.75, 3.05) is 24.2 Å². The zero-order valence-corrected chi connectivity index (χ0v) is 13.1. The molecular formula is C15H16BrClN2. The fraction of sp³-hybridized carbons (Fsp3) is 0.200. The molecule has 100 valence electrons. The van der Waals surface area contributed by atoms with Gasteiger partial charge in [-0.1, -0.05) is 39.7 Å². The van der Waals surface area contributed by atoms with E-state index in [1.165, 1.54) is 5.56 Å². The normalized spacial score (nSPS) is 10.5. The Hall–Kier alpha value is -1.19. The van der Waals surface area contributed by atoms with Crippen LogP contribution in [0.5, 0.6) is 0 Å². The monoisotopic (exact) mass is 338 g/mol. The molecule has 2 rings (SSSR count). The molecule has 0 heterocycles. The van der Waals surface area contributed by atoms with Crippen molar-refractivity contribution in [3.63, 3.8) is 0 Å². The van der Waals surface area contributed by atoms with E-state index in [0.29, 0.717) is 10.7 Å². The van der Waals surface area contributed by atoms with Gasteiger partial charge in [-0.2, -0.15) is 0 Å². The van der Waals surface area contributed by atoms with Gasteiger partial charge in [0.15, 0.2) is 0 Å². The first-order valence-corrected chi connectivity index (χ1v) is 7.24. The van der Waals surface area contributed by atoms with Crippen LogP contribution in [-0.4, -0.2) is 13.6 Å². The van der Waals surface area contributed by atoms with E-state index in [9.17, 15) is 0 Å². The molecular weight excluding hydrogens is 324 g/mol. The molecule has 0 fully saturated rings. The van der Waals surface area contributed by atoms with Crippen molar-refractivity contribution >= 4 is 38.9 Å². The van der Waals surface area contributed by atoms with Crippen molar-refractivity contribution in [3.05, 3.63) is 57.5 Å². The highest BCUT2D eigenvalue weighted by molar-refractivity contribution is 9.10. The number of likely N-dealkylation sites (N-methyl/N-ethyl adjacent to an activating group) is 1. The van der Waals surface area contributed by atoms with Crippen LogP contribution >= 0.6 is 27.5 Å². The summed E-state index contributed by atoms with van der Waals surface area (Å²) in [6, 6.07) is 14.0. The molecule has 0 aliphatic carbocycles. The summed E-state index contributed by atoms with van der Waals surface area (Å²) in [5, 5.41) is 0.668. The Morgan fingerprint density at radius 1 is 1.21 bits per heavy atom. The lowest BCUT2D eigenvalue weighted by Gasteiger charge is -2.21. The predicted octanol–water partition coefficient (Wildman–Crippen LogP) is 4.36. The highest BCUT2D eigenvalue weighted by Crippen LogP contribution is 2.25. The molecule has 2 aromatic carbocycles. The number of anilines is 2. The average Bonchev–Trinajstić information content (AvgIpc) is 2.36. The van der Waals surface area contributed by atoms with Crippen LogP contribution in [0.4, 0.5) is 11.4 Å². The van der Waals surface area contributed by atoms with E-state index in [2.05, 4.69) is 39.0 Å². The number of nitrogen functional groups attached to an aromatic ring is 1. The highest BCUT2D eigenvalue weighted by Gasteiger charge is 2.06. The summed E-state index contributed by atoms with van der Waals surface area (Å²) in [4.78, 5) is 2.15. The largest absolute Gasteiger partial charge is 0.397 e. The van der Waals surface area contributed by atoms with Gasteiger partial charge in [-0.05, 0) is 42.3 Å². The van der Waals surface area contributed by atoms with Crippen molar-refractivity contribution in [2.24, 2.45) is 0 Å². The van der Waals surface area contributed by atoms with Crippen molar-refractivity contribution < 1.29 is 0 Å². The minimum Gasteiger partial charge on any atom is -0.397 e. The Balaban J connectivity index is 2.03. The zero-order chi connectivity index (χ0) is 13.8. The molecule has 0 aliphatic heterocycles. The zero-order valence-electron chi connectivity index (χ0n) is 10.7. The summed E-state index contributed by atoms with van der Waals surface area (Å²) in [7, 11) is 2.04. The van der Waals surface area contributed by atoms with Gasteiger partial charge in [0, 0.05) is 23.1 Å². The third-order valence-corrected chi connectivity index (χ3v) is 3.75. The lowest BCUT2D eigenvalue weighted by Crippen LogP contribution is -2.21. The second-order valence-corrected chi connectivity index (χ2v) is 5.86. The smallest absolute Gasteiger partial charge is 0.0598 e. The van der Waals surface area contributed by atoms with Crippen LogP contribution in [0.2, 0.25) is 5.02 Å². The molecule has 0 amide bonds. The Morgan fingerprint density at radius 2 is 2.00 bits per heavy atom. The number of hydrogen-bond acceptors (Lipinski definition) is 2. The SMILES string of the molecule is CN(CCc1cccc(Br)c1)c1ccc(Cl)cc1N. The van der Waals surface area contributed by atoms with Crippen LogP contribution in [0.15, 0.2) is 46.9 Å². The maximum atomic E-state index is 5.98. The number of halogens is 2. The van der Waals surface area contributed by atoms with E-state index >= 15 is 0 Å². The molecule has 2 nitrogen and oxygen atoms in total.